The summed E-state index contributed by atoms with van der Waals surface area (Å²) in [6.45, 7) is 2.17. The molecule has 1 nitrogen and oxygen atoms in total. The molecule has 0 heterocycles. The normalized spacial score (nSPS) is 11.7. The Kier molecular flexibility index (Phi) is 9.65. The summed E-state index contributed by atoms with van der Waals surface area (Å²) >= 11 is 0. The van der Waals surface area contributed by atoms with E-state index in [0.29, 0.717) is 6.42 Å². The molecule has 0 aromatic rings. The van der Waals surface area contributed by atoms with Crippen LogP contribution in [0, 0.1) is 11.3 Å². The van der Waals surface area contributed by atoms with Gasteiger partial charge in [0.15, 0.2) is 0 Å². The van der Waals surface area contributed by atoms with E-state index in [1.165, 1.54) is 6.42 Å². The van der Waals surface area contributed by atoms with Crippen LogP contribution < -0.4 is 0 Å². The van der Waals surface area contributed by atoms with Gasteiger partial charge < -0.3 is 0 Å². The second-order valence-corrected chi connectivity index (χ2v) is 2.71. The van der Waals surface area contributed by atoms with Crippen LogP contribution in [0.25, 0.3) is 0 Å². The van der Waals surface area contributed by atoms with E-state index in [2.05, 4.69) is 31.2 Å². The third-order valence-corrected chi connectivity index (χ3v) is 1.49. The molecule has 0 N–H and O–H groups in total. The second-order valence-electron chi connectivity index (χ2n) is 2.71. The first kappa shape index (κ1) is 11.7. The van der Waals surface area contributed by atoms with Gasteiger partial charge in [-0.15, -0.1) is 0 Å². The quantitative estimate of drug-likeness (QED) is 0.445. The van der Waals surface area contributed by atoms with E-state index in [-0.39, 0.29) is 0 Å². The predicted octanol–water partition coefficient (Wildman–Crippen LogP) is 3.76. The Labute approximate surface area is 81.1 Å². The first-order chi connectivity index (χ1) is 6.41. The molecule has 0 atom stereocenters. The maximum Gasteiger partial charge on any atom is 0.0663 e. The highest BCUT2D eigenvalue weighted by atomic mass is 14.2. The van der Waals surface area contributed by atoms with Crippen LogP contribution in [0.1, 0.15) is 32.6 Å². The first-order valence-corrected chi connectivity index (χ1v) is 4.75. The fourth-order valence-electron chi connectivity index (χ4n) is 0.816. The average Bonchev–Trinajstić information content (AvgIpc) is 2.16. The van der Waals surface area contributed by atoms with Crippen molar-refractivity contribution in [1.82, 2.24) is 0 Å². The summed E-state index contributed by atoms with van der Waals surface area (Å²) in [6.07, 6.45) is 16.0. The van der Waals surface area contributed by atoms with Crippen LogP contribution in [-0.4, -0.2) is 0 Å². The SMILES string of the molecule is CCC/C=C/C/C=C/C=C/CC#N. The maximum atomic E-state index is 8.23. The van der Waals surface area contributed by atoms with Gasteiger partial charge in [0.2, 0.25) is 0 Å². The zero-order valence-electron chi connectivity index (χ0n) is 8.24. The zero-order valence-corrected chi connectivity index (χ0v) is 8.24. The monoisotopic (exact) mass is 175 g/mol. The lowest BCUT2D eigenvalue weighted by Crippen LogP contribution is -1.62. The highest BCUT2D eigenvalue weighted by Crippen LogP contribution is 1.92. The first-order valence-electron chi connectivity index (χ1n) is 4.75. The number of nitrogens with zero attached hydrogens (tertiary/aromatic N) is 1. The minimum atomic E-state index is 0.496. The Morgan fingerprint density at radius 2 is 1.85 bits per heavy atom. The number of nitriles is 1. The molecule has 70 valence electrons. The molecule has 0 aromatic carbocycles. The van der Waals surface area contributed by atoms with Gasteiger partial charge in [0.1, 0.15) is 0 Å². The van der Waals surface area contributed by atoms with Crippen molar-refractivity contribution in [2.45, 2.75) is 32.6 Å². The van der Waals surface area contributed by atoms with E-state index in [4.69, 9.17) is 5.26 Å². The number of rotatable bonds is 6. The summed E-state index contributed by atoms with van der Waals surface area (Å²) in [7, 11) is 0. The van der Waals surface area contributed by atoms with Crippen molar-refractivity contribution < 1.29 is 0 Å². The topological polar surface area (TPSA) is 23.8 Å². The zero-order chi connectivity index (χ0) is 9.78. The van der Waals surface area contributed by atoms with Gasteiger partial charge >= 0.3 is 0 Å². The van der Waals surface area contributed by atoms with E-state index < -0.39 is 0 Å². The van der Waals surface area contributed by atoms with Crippen LogP contribution in [0.15, 0.2) is 36.5 Å². The van der Waals surface area contributed by atoms with E-state index in [1.54, 1.807) is 0 Å². The summed E-state index contributed by atoms with van der Waals surface area (Å²) in [5, 5.41) is 8.23. The smallest absolute Gasteiger partial charge is 0.0663 e. The molecular weight excluding hydrogens is 158 g/mol. The van der Waals surface area contributed by atoms with Crippen molar-refractivity contribution in [1.29, 1.82) is 5.26 Å². The number of hydrogen-bond donors (Lipinski definition) is 0. The fourth-order valence-corrected chi connectivity index (χ4v) is 0.816. The third-order valence-electron chi connectivity index (χ3n) is 1.49. The Morgan fingerprint density at radius 1 is 1.08 bits per heavy atom. The molecule has 0 aliphatic carbocycles. The standard InChI is InChI=1S/C12H17N/c1-2-3-4-5-6-7-8-9-10-11-12-13/h4-5,7-10H,2-3,6,11H2,1H3/b5-4+,8-7+,10-9+. The van der Waals surface area contributed by atoms with Gasteiger partial charge in [-0.1, -0.05) is 49.8 Å². The number of allylic oxidation sites excluding steroid dienone is 6. The van der Waals surface area contributed by atoms with Gasteiger partial charge in [-0.3, -0.25) is 0 Å². The minimum absolute atomic E-state index is 0.496. The number of unbranched alkanes of at least 4 members (excludes halogenated alkanes) is 1. The van der Waals surface area contributed by atoms with Crippen LogP contribution in [0.4, 0.5) is 0 Å². The number of hydrogen-bond acceptors (Lipinski definition) is 1. The Morgan fingerprint density at radius 3 is 2.54 bits per heavy atom. The van der Waals surface area contributed by atoms with Crippen molar-refractivity contribution in [2.75, 3.05) is 0 Å². The molecule has 0 saturated heterocycles. The van der Waals surface area contributed by atoms with Crippen LogP contribution >= 0.6 is 0 Å². The molecule has 1 heteroatoms. The van der Waals surface area contributed by atoms with Gasteiger partial charge in [0.05, 0.1) is 12.5 Å². The highest BCUT2D eigenvalue weighted by Gasteiger charge is 1.72. The van der Waals surface area contributed by atoms with E-state index >= 15 is 0 Å². The molecule has 0 radical (unpaired) electrons. The minimum Gasteiger partial charge on any atom is -0.198 e. The summed E-state index contributed by atoms with van der Waals surface area (Å²) in [5.41, 5.74) is 0. The molecule has 0 unspecified atom stereocenters. The molecule has 0 saturated carbocycles. The lowest BCUT2D eigenvalue weighted by Gasteiger charge is -1.82. The van der Waals surface area contributed by atoms with E-state index in [9.17, 15) is 0 Å². The Bertz CT molecular complexity index is 216. The summed E-state index contributed by atoms with van der Waals surface area (Å²) in [6, 6.07) is 2.05. The lowest BCUT2D eigenvalue weighted by atomic mass is 10.2. The molecule has 0 aromatic heterocycles. The molecule has 0 bridgehead atoms. The highest BCUT2D eigenvalue weighted by molar-refractivity contribution is 5.06. The molecule has 13 heavy (non-hydrogen) atoms. The third kappa shape index (κ3) is 10.7. The molecule has 0 rings (SSSR count). The van der Waals surface area contributed by atoms with Crippen molar-refractivity contribution in [2.24, 2.45) is 0 Å². The molecule has 0 spiro atoms. The van der Waals surface area contributed by atoms with E-state index in [0.717, 1.165) is 12.8 Å². The lowest BCUT2D eigenvalue weighted by molar-refractivity contribution is 0.954. The van der Waals surface area contributed by atoms with Gasteiger partial charge in [0.25, 0.3) is 0 Å². The largest absolute Gasteiger partial charge is 0.198 e. The molecule has 0 amide bonds. The Balaban J connectivity index is 3.37. The van der Waals surface area contributed by atoms with Gasteiger partial charge in [-0.25, -0.2) is 0 Å². The van der Waals surface area contributed by atoms with Crippen LogP contribution in [-0.2, 0) is 0 Å². The van der Waals surface area contributed by atoms with Crippen molar-refractivity contribution in [3.8, 4) is 6.07 Å². The van der Waals surface area contributed by atoms with Gasteiger partial charge in [-0.05, 0) is 12.8 Å². The van der Waals surface area contributed by atoms with Gasteiger partial charge in [-0.2, -0.15) is 5.26 Å². The van der Waals surface area contributed by atoms with Crippen LogP contribution in [0.2, 0.25) is 0 Å². The van der Waals surface area contributed by atoms with Crippen LogP contribution in [0.3, 0.4) is 0 Å². The van der Waals surface area contributed by atoms with Crippen molar-refractivity contribution in [3.63, 3.8) is 0 Å². The second kappa shape index (κ2) is 10.7. The summed E-state index contributed by atoms with van der Waals surface area (Å²) < 4.78 is 0. The summed E-state index contributed by atoms with van der Waals surface area (Å²) in [5.74, 6) is 0. The molecular formula is C12H17N. The molecule has 0 aliphatic rings. The average molecular weight is 175 g/mol. The molecule has 0 aliphatic heterocycles. The summed E-state index contributed by atoms with van der Waals surface area (Å²) in [4.78, 5) is 0. The predicted molar refractivity (Wildman–Crippen MR) is 57.2 cm³/mol. The molecule has 0 fully saturated rings. The fraction of sp³-hybridized carbons (Fsp3) is 0.417. The maximum absolute atomic E-state index is 8.23. The van der Waals surface area contributed by atoms with E-state index in [1.807, 2.05) is 18.2 Å². The van der Waals surface area contributed by atoms with Crippen LogP contribution in [0.5, 0.6) is 0 Å². The van der Waals surface area contributed by atoms with Gasteiger partial charge in [0, 0.05) is 0 Å². The van der Waals surface area contributed by atoms with Crippen molar-refractivity contribution >= 4 is 0 Å². The van der Waals surface area contributed by atoms with Crippen molar-refractivity contribution in [3.05, 3.63) is 36.5 Å². The Hall–Kier alpha value is -1.29.